The molecule has 2 aliphatic rings. The maximum absolute atomic E-state index is 5.86. The van der Waals surface area contributed by atoms with Crippen molar-refractivity contribution in [2.24, 2.45) is 16.6 Å². The lowest BCUT2D eigenvalue weighted by molar-refractivity contribution is 0.242. The highest BCUT2D eigenvalue weighted by Gasteiger charge is 2.26. The molecule has 1 atom stereocenters. The number of nitrogens with zero attached hydrogens (tertiary/aromatic N) is 1. The van der Waals surface area contributed by atoms with Crippen LogP contribution in [0.15, 0.2) is 29.3 Å². The van der Waals surface area contributed by atoms with Crippen LogP contribution in [0.25, 0.3) is 0 Å². The molecule has 16 heavy (non-hydrogen) atoms. The van der Waals surface area contributed by atoms with Crippen LogP contribution >= 0.6 is 0 Å². The van der Waals surface area contributed by atoms with E-state index in [0.717, 1.165) is 18.0 Å². The third-order valence-corrected chi connectivity index (χ3v) is 3.19. The van der Waals surface area contributed by atoms with Gasteiger partial charge in [0.2, 0.25) is 0 Å². The summed E-state index contributed by atoms with van der Waals surface area (Å²) in [4.78, 5) is 4.42. The number of nitrogens with two attached hydrogens (primary N) is 1. The molecule has 1 aliphatic heterocycles. The van der Waals surface area contributed by atoms with E-state index in [9.17, 15) is 0 Å². The molecular formula is C13H16N2O. The van der Waals surface area contributed by atoms with Crippen LogP contribution in [0.5, 0.6) is 5.75 Å². The van der Waals surface area contributed by atoms with Crippen molar-refractivity contribution in [1.82, 2.24) is 0 Å². The number of amidine groups is 1. The van der Waals surface area contributed by atoms with Crippen LogP contribution in [0.4, 0.5) is 0 Å². The average molecular weight is 216 g/mol. The largest absolute Gasteiger partial charge is 0.488 e. The fourth-order valence-corrected chi connectivity index (χ4v) is 2.07. The molecule has 0 bridgehead atoms. The smallest absolute Gasteiger partial charge is 0.123 e. The van der Waals surface area contributed by atoms with Crippen molar-refractivity contribution in [1.29, 1.82) is 0 Å². The van der Waals surface area contributed by atoms with Crippen molar-refractivity contribution in [2.75, 3.05) is 6.54 Å². The topological polar surface area (TPSA) is 47.6 Å². The summed E-state index contributed by atoms with van der Waals surface area (Å²) in [7, 11) is 0. The van der Waals surface area contributed by atoms with Crippen molar-refractivity contribution >= 4 is 5.84 Å². The van der Waals surface area contributed by atoms with Gasteiger partial charge in [-0.1, -0.05) is 18.2 Å². The Balaban J connectivity index is 1.61. The van der Waals surface area contributed by atoms with Crippen LogP contribution in [0.3, 0.4) is 0 Å². The van der Waals surface area contributed by atoms with E-state index in [1.54, 1.807) is 0 Å². The van der Waals surface area contributed by atoms with Crippen LogP contribution in [0, 0.1) is 5.92 Å². The Morgan fingerprint density at radius 2 is 2.19 bits per heavy atom. The van der Waals surface area contributed by atoms with E-state index in [1.165, 1.54) is 18.4 Å². The zero-order valence-electron chi connectivity index (χ0n) is 9.23. The van der Waals surface area contributed by atoms with E-state index in [4.69, 9.17) is 10.5 Å². The van der Waals surface area contributed by atoms with Gasteiger partial charge in [-0.2, -0.15) is 0 Å². The standard InChI is InChI=1S/C13H16N2O/c14-13(9-5-6-9)15-8-11-7-10-3-1-2-4-12(10)16-11/h1-4,9,11H,5-8H2,(H2,14,15). The summed E-state index contributed by atoms with van der Waals surface area (Å²) >= 11 is 0. The molecule has 3 nitrogen and oxygen atoms in total. The summed E-state index contributed by atoms with van der Waals surface area (Å²) in [5.74, 6) is 2.39. The van der Waals surface area contributed by atoms with Gasteiger partial charge in [-0.3, -0.25) is 4.99 Å². The predicted molar refractivity (Wildman–Crippen MR) is 63.8 cm³/mol. The first-order chi connectivity index (χ1) is 7.83. The third-order valence-electron chi connectivity index (χ3n) is 3.19. The molecule has 2 N–H and O–H groups in total. The van der Waals surface area contributed by atoms with Gasteiger partial charge in [-0.05, 0) is 24.5 Å². The fraction of sp³-hybridized carbons (Fsp3) is 0.462. The molecule has 0 spiro atoms. The van der Waals surface area contributed by atoms with Gasteiger partial charge < -0.3 is 10.5 Å². The second-order valence-electron chi connectivity index (χ2n) is 4.59. The molecular weight excluding hydrogens is 200 g/mol. The Labute approximate surface area is 95.3 Å². The zero-order valence-corrected chi connectivity index (χ0v) is 9.23. The fourth-order valence-electron chi connectivity index (χ4n) is 2.07. The second-order valence-corrected chi connectivity index (χ2v) is 4.59. The lowest BCUT2D eigenvalue weighted by Crippen LogP contribution is -2.21. The first kappa shape index (κ1) is 9.70. The summed E-state index contributed by atoms with van der Waals surface area (Å²) < 4.78 is 5.79. The highest BCUT2D eigenvalue weighted by molar-refractivity contribution is 5.84. The summed E-state index contributed by atoms with van der Waals surface area (Å²) in [6.07, 6.45) is 3.55. The number of fused-ring (bicyclic) bond motifs is 1. The molecule has 0 aromatic heterocycles. The minimum absolute atomic E-state index is 0.176. The summed E-state index contributed by atoms with van der Waals surface area (Å²) in [6, 6.07) is 8.18. The molecule has 0 saturated heterocycles. The number of aliphatic imine (C=N–C) groups is 1. The lowest BCUT2D eigenvalue weighted by atomic mass is 10.1. The molecule has 0 amide bonds. The molecule has 1 aliphatic carbocycles. The molecule has 3 heteroatoms. The van der Waals surface area contributed by atoms with Crippen molar-refractivity contribution in [3.05, 3.63) is 29.8 Å². The van der Waals surface area contributed by atoms with E-state index in [0.29, 0.717) is 12.5 Å². The van der Waals surface area contributed by atoms with Gasteiger partial charge >= 0.3 is 0 Å². The SMILES string of the molecule is NC(=NCC1Cc2ccccc2O1)C1CC1. The quantitative estimate of drug-likeness (QED) is 0.618. The van der Waals surface area contributed by atoms with E-state index in [1.807, 2.05) is 18.2 Å². The van der Waals surface area contributed by atoms with E-state index < -0.39 is 0 Å². The van der Waals surface area contributed by atoms with E-state index in [-0.39, 0.29) is 6.10 Å². The van der Waals surface area contributed by atoms with Gasteiger partial charge in [0.25, 0.3) is 0 Å². The van der Waals surface area contributed by atoms with Crippen LogP contribution in [0.1, 0.15) is 18.4 Å². The molecule has 84 valence electrons. The molecule has 1 fully saturated rings. The number of hydrogen-bond donors (Lipinski definition) is 1. The first-order valence-electron chi connectivity index (χ1n) is 5.87. The maximum atomic E-state index is 5.86. The number of para-hydroxylation sites is 1. The summed E-state index contributed by atoms with van der Waals surface area (Å²) in [6.45, 7) is 0.691. The van der Waals surface area contributed by atoms with Crippen molar-refractivity contribution in [3.8, 4) is 5.75 Å². The Morgan fingerprint density at radius 3 is 2.94 bits per heavy atom. The maximum Gasteiger partial charge on any atom is 0.123 e. The Hall–Kier alpha value is -1.51. The van der Waals surface area contributed by atoms with Crippen molar-refractivity contribution < 1.29 is 4.74 Å². The van der Waals surface area contributed by atoms with Gasteiger partial charge in [0.05, 0.1) is 12.4 Å². The molecule has 0 radical (unpaired) electrons. The van der Waals surface area contributed by atoms with E-state index in [2.05, 4.69) is 11.1 Å². The van der Waals surface area contributed by atoms with Crippen LogP contribution in [-0.4, -0.2) is 18.5 Å². The predicted octanol–water partition coefficient (Wildman–Crippen LogP) is 1.76. The lowest BCUT2D eigenvalue weighted by Gasteiger charge is -2.07. The van der Waals surface area contributed by atoms with E-state index >= 15 is 0 Å². The molecule has 3 rings (SSSR count). The Morgan fingerprint density at radius 1 is 1.38 bits per heavy atom. The highest BCUT2D eigenvalue weighted by Crippen LogP contribution is 2.30. The molecule has 1 aromatic carbocycles. The first-order valence-corrected chi connectivity index (χ1v) is 5.87. The van der Waals surface area contributed by atoms with Gasteiger partial charge in [-0.15, -0.1) is 0 Å². The summed E-state index contributed by atoms with van der Waals surface area (Å²) in [5.41, 5.74) is 7.14. The molecule has 1 aromatic rings. The van der Waals surface area contributed by atoms with Crippen LogP contribution < -0.4 is 10.5 Å². The van der Waals surface area contributed by atoms with Crippen LogP contribution in [-0.2, 0) is 6.42 Å². The van der Waals surface area contributed by atoms with Gasteiger partial charge in [0.1, 0.15) is 11.9 Å². The molecule has 1 unspecified atom stereocenters. The number of benzene rings is 1. The van der Waals surface area contributed by atoms with Crippen molar-refractivity contribution in [2.45, 2.75) is 25.4 Å². The summed E-state index contributed by atoms with van der Waals surface area (Å²) in [5, 5.41) is 0. The zero-order chi connectivity index (χ0) is 11.0. The monoisotopic (exact) mass is 216 g/mol. The number of hydrogen-bond acceptors (Lipinski definition) is 2. The normalized spacial score (nSPS) is 24.0. The third kappa shape index (κ3) is 1.90. The van der Waals surface area contributed by atoms with Crippen LogP contribution in [0.2, 0.25) is 0 Å². The minimum Gasteiger partial charge on any atom is -0.488 e. The number of rotatable bonds is 3. The Bertz CT molecular complexity index is 399. The average Bonchev–Trinajstić information content (AvgIpc) is 3.06. The van der Waals surface area contributed by atoms with Gasteiger partial charge in [0.15, 0.2) is 0 Å². The molecule has 1 saturated carbocycles. The van der Waals surface area contributed by atoms with Gasteiger partial charge in [-0.25, -0.2) is 0 Å². The number of ether oxygens (including phenoxy) is 1. The molecule has 1 heterocycles. The van der Waals surface area contributed by atoms with Gasteiger partial charge in [0, 0.05) is 12.3 Å². The highest BCUT2D eigenvalue weighted by atomic mass is 16.5. The van der Waals surface area contributed by atoms with Crippen molar-refractivity contribution in [3.63, 3.8) is 0 Å². The Kier molecular flexibility index (Phi) is 2.31. The second kappa shape index (κ2) is 3.81. The minimum atomic E-state index is 0.176.